The summed E-state index contributed by atoms with van der Waals surface area (Å²) in [6, 6.07) is 9.85. The van der Waals surface area contributed by atoms with Gasteiger partial charge >= 0.3 is 0 Å². The summed E-state index contributed by atoms with van der Waals surface area (Å²) in [5.41, 5.74) is 1.81. The molecule has 1 aromatic carbocycles. The van der Waals surface area contributed by atoms with E-state index >= 15 is 0 Å². The van der Waals surface area contributed by atoms with Crippen molar-refractivity contribution in [2.24, 2.45) is 0 Å². The summed E-state index contributed by atoms with van der Waals surface area (Å²) in [7, 11) is 1.48. The molecule has 0 saturated heterocycles. The van der Waals surface area contributed by atoms with Crippen molar-refractivity contribution < 1.29 is 9.13 Å². The summed E-state index contributed by atoms with van der Waals surface area (Å²) in [5, 5.41) is 12.0. The van der Waals surface area contributed by atoms with E-state index in [1.807, 2.05) is 12.1 Å². The minimum Gasteiger partial charge on any atom is -0.494 e. The molecule has 1 N–H and O–H groups in total. The molecule has 5 heteroatoms. The van der Waals surface area contributed by atoms with E-state index in [-0.39, 0.29) is 5.82 Å². The summed E-state index contributed by atoms with van der Waals surface area (Å²) in [5.74, 6) is 0.0592. The van der Waals surface area contributed by atoms with Gasteiger partial charge in [0.1, 0.15) is 23.3 Å². The zero-order chi connectivity index (χ0) is 13.7. The molecule has 0 atom stereocenters. The lowest BCUT2D eigenvalue weighted by atomic mass is 10.2. The Kier molecular flexibility index (Phi) is 3.94. The monoisotopic (exact) mass is 257 g/mol. The molecule has 4 nitrogen and oxygen atoms in total. The lowest BCUT2D eigenvalue weighted by Crippen LogP contribution is -2.04. The van der Waals surface area contributed by atoms with Crippen LogP contribution in [0, 0.1) is 17.1 Å². The van der Waals surface area contributed by atoms with E-state index in [0.29, 0.717) is 23.7 Å². The van der Waals surface area contributed by atoms with E-state index in [9.17, 15) is 4.39 Å². The van der Waals surface area contributed by atoms with Gasteiger partial charge in [0.2, 0.25) is 0 Å². The molecular formula is C14H12FN3O. The Morgan fingerprint density at radius 3 is 3.00 bits per heavy atom. The number of hydrogen-bond acceptors (Lipinski definition) is 4. The van der Waals surface area contributed by atoms with Crippen LogP contribution in [0.2, 0.25) is 0 Å². The van der Waals surface area contributed by atoms with E-state index in [1.54, 1.807) is 18.3 Å². The number of ether oxygens (including phenoxy) is 1. The predicted octanol–water partition coefficient (Wildman–Crippen LogP) is 2.71. The van der Waals surface area contributed by atoms with Crippen molar-refractivity contribution in [3.05, 3.63) is 53.6 Å². The number of nitrogens with zero attached hydrogens (tertiary/aromatic N) is 2. The summed E-state index contributed by atoms with van der Waals surface area (Å²) >= 11 is 0. The molecule has 0 fully saturated rings. The number of pyridine rings is 1. The largest absolute Gasteiger partial charge is 0.494 e. The highest BCUT2D eigenvalue weighted by atomic mass is 19.1. The molecule has 96 valence electrons. The lowest BCUT2D eigenvalue weighted by Gasteiger charge is -2.11. The van der Waals surface area contributed by atoms with Gasteiger partial charge in [-0.1, -0.05) is 6.07 Å². The number of aromatic nitrogens is 1. The Morgan fingerprint density at radius 1 is 1.42 bits per heavy atom. The molecule has 0 aliphatic carbocycles. The van der Waals surface area contributed by atoms with Crippen LogP contribution in [-0.4, -0.2) is 12.1 Å². The van der Waals surface area contributed by atoms with E-state index in [1.165, 1.54) is 19.2 Å². The number of methoxy groups -OCH3 is 1. The Labute approximate surface area is 110 Å². The van der Waals surface area contributed by atoms with Crippen LogP contribution >= 0.6 is 0 Å². The quantitative estimate of drug-likeness (QED) is 0.914. The molecule has 0 unspecified atom stereocenters. The molecular weight excluding hydrogens is 245 g/mol. The Balaban J connectivity index is 2.17. The molecule has 0 aliphatic rings. The van der Waals surface area contributed by atoms with Crippen LogP contribution in [0.4, 0.5) is 10.1 Å². The van der Waals surface area contributed by atoms with Crippen molar-refractivity contribution in [1.29, 1.82) is 5.26 Å². The molecule has 0 saturated carbocycles. The van der Waals surface area contributed by atoms with Crippen LogP contribution in [0.1, 0.15) is 11.3 Å². The fourth-order valence-electron chi connectivity index (χ4n) is 1.68. The number of nitrogens with one attached hydrogen (secondary N) is 1. The molecule has 2 rings (SSSR count). The lowest BCUT2D eigenvalue weighted by molar-refractivity contribution is 0.413. The molecule has 0 radical (unpaired) electrons. The van der Waals surface area contributed by atoms with Gasteiger partial charge in [0, 0.05) is 24.4 Å². The fraction of sp³-hybridized carbons (Fsp3) is 0.143. The van der Waals surface area contributed by atoms with E-state index in [4.69, 9.17) is 10.00 Å². The molecule has 0 bridgehead atoms. The van der Waals surface area contributed by atoms with Crippen LogP contribution < -0.4 is 10.1 Å². The van der Waals surface area contributed by atoms with E-state index < -0.39 is 0 Å². The third-order valence-electron chi connectivity index (χ3n) is 2.63. The summed E-state index contributed by atoms with van der Waals surface area (Å²) in [6.07, 6.45) is 1.57. The van der Waals surface area contributed by atoms with Crippen molar-refractivity contribution in [3.63, 3.8) is 0 Å². The molecule has 0 amide bonds. The summed E-state index contributed by atoms with van der Waals surface area (Å²) in [4.78, 5) is 3.97. The average molecular weight is 257 g/mol. The van der Waals surface area contributed by atoms with Gasteiger partial charge in [0.15, 0.2) is 0 Å². The van der Waals surface area contributed by atoms with Crippen LogP contribution in [0.5, 0.6) is 5.75 Å². The smallest absolute Gasteiger partial charge is 0.145 e. The highest BCUT2D eigenvalue weighted by Gasteiger charge is 2.06. The summed E-state index contributed by atoms with van der Waals surface area (Å²) < 4.78 is 18.1. The average Bonchev–Trinajstić information content (AvgIpc) is 2.46. The Hall–Kier alpha value is -2.61. The SMILES string of the molecule is COc1cc(F)ccc1NCc1cccnc1C#N. The maximum atomic E-state index is 13.1. The number of hydrogen-bond donors (Lipinski definition) is 1. The third kappa shape index (κ3) is 2.99. The second-order valence-electron chi connectivity index (χ2n) is 3.82. The minimum atomic E-state index is -0.360. The first-order chi connectivity index (χ1) is 9.24. The van der Waals surface area contributed by atoms with Gasteiger partial charge in [-0.25, -0.2) is 9.37 Å². The van der Waals surface area contributed by atoms with Gasteiger partial charge in [-0.3, -0.25) is 0 Å². The van der Waals surface area contributed by atoms with E-state index in [0.717, 1.165) is 5.56 Å². The zero-order valence-corrected chi connectivity index (χ0v) is 10.4. The predicted molar refractivity (Wildman–Crippen MR) is 69.2 cm³/mol. The van der Waals surface area contributed by atoms with Crippen LogP contribution in [0.15, 0.2) is 36.5 Å². The molecule has 2 aromatic rings. The van der Waals surface area contributed by atoms with E-state index in [2.05, 4.69) is 10.3 Å². The zero-order valence-electron chi connectivity index (χ0n) is 10.4. The molecule has 1 aromatic heterocycles. The van der Waals surface area contributed by atoms with Crippen molar-refractivity contribution in [3.8, 4) is 11.8 Å². The second-order valence-corrected chi connectivity index (χ2v) is 3.82. The highest BCUT2D eigenvalue weighted by Crippen LogP contribution is 2.25. The van der Waals surface area contributed by atoms with Crippen LogP contribution in [-0.2, 0) is 6.54 Å². The first-order valence-corrected chi connectivity index (χ1v) is 5.66. The maximum Gasteiger partial charge on any atom is 0.145 e. The van der Waals surface area contributed by atoms with Crippen molar-refractivity contribution >= 4 is 5.69 Å². The number of nitriles is 1. The number of halogens is 1. The molecule has 19 heavy (non-hydrogen) atoms. The molecule has 0 aliphatic heterocycles. The van der Waals surface area contributed by atoms with Gasteiger partial charge in [0.25, 0.3) is 0 Å². The van der Waals surface area contributed by atoms with Gasteiger partial charge in [-0.05, 0) is 18.2 Å². The fourth-order valence-corrected chi connectivity index (χ4v) is 1.68. The summed E-state index contributed by atoms with van der Waals surface area (Å²) in [6.45, 7) is 0.415. The Bertz CT molecular complexity index is 622. The topological polar surface area (TPSA) is 57.9 Å². The standard InChI is InChI=1S/C14H12FN3O/c1-19-14-7-11(15)4-5-12(14)18-9-10-3-2-6-17-13(10)8-16/h2-7,18H,9H2,1H3. The van der Waals surface area contributed by atoms with Crippen molar-refractivity contribution in [1.82, 2.24) is 4.98 Å². The number of benzene rings is 1. The van der Waals surface area contributed by atoms with Gasteiger partial charge in [0.05, 0.1) is 12.8 Å². The first kappa shape index (κ1) is 12.8. The van der Waals surface area contributed by atoms with Crippen LogP contribution in [0.3, 0.4) is 0 Å². The highest BCUT2D eigenvalue weighted by molar-refractivity contribution is 5.56. The van der Waals surface area contributed by atoms with Gasteiger partial charge in [-0.15, -0.1) is 0 Å². The van der Waals surface area contributed by atoms with Crippen molar-refractivity contribution in [2.75, 3.05) is 12.4 Å². The number of rotatable bonds is 4. The van der Waals surface area contributed by atoms with Crippen LogP contribution in [0.25, 0.3) is 0 Å². The molecule has 0 spiro atoms. The van der Waals surface area contributed by atoms with Gasteiger partial charge < -0.3 is 10.1 Å². The normalized spacial score (nSPS) is 9.74. The number of anilines is 1. The first-order valence-electron chi connectivity index (χ1n) is 5.66. The third-order valence-corrected chi connectivity index (χ3v) is 2.63. The van der Waals surface area contributed by atoms with Gasteiger partial charge in [-0.2, -0.15) is 5.26 Å². The minimum absolute atomic E-state index is 0.360. The Morgan fingerprint density at radius 2 is 2.26 bits per heavy atom. The maximum absolute atomic E-state index is 13.1. The molecule has 1 heterocycles. The van der Waals surface area contributed by atoms with Crippen molar-refractivity contribution in [2.45, 2.75) is 6.54 Å². The second kappa shape index (κ2) is 5.83.